The van der Waals surface area contributed by atoms with Crippen LogP contribution in [0.3, 0.4) is 0 Å². The SMILES string of the molecule is CCC(C)CN(C)CC(=O)c1cc(Br)sc1Br. The third-order valence-electron chi connectivity index (χ3n) is 2.69. The van der Waals surface area contributed by atoms with E-state index in [2.05, 4.69) is 50.6 Å². The Labute approximate surface area is 124 Å². The number of ketones is 1. The Morgan fingerprint density at radius 2 is 2.18 bits per heavy atom. The van der Waals surface area contributed by atoms with Crippen LogP contribution >= 0.6 is 43.2 Å². The molecule has 17 heavy (non-hydrogen) atoms. The first-order valence-corrected chi connectivity index (χ1v) is 8.00. The first-order chi connectivity index (χ1) is 7.93. The second-order valence-corrected chi connectivity index (χ2v) is 8.12. The molecule has 1 aromatic rings. The minimum Gasteiger partial charge on any atom is -0.299 e. The van der Waals surface area contributed by atoms with Crippen molar-refractivity contribution < 1.29 is 4.79 Å². The van der Waals surface area contributed by atoms with Crippen LogP contribution in [0.15, 0.2) is 13.6 Å². The summed E-state index contributed by atoms with van der Waals surface area (Å²) in [7, 11) is 2.00. The van der Waals surface area contributed by atoms with Crippen LogP contribution < -0.4 is 0 Å². The second-order valence-electron chi connectivity index (χ2n) is 4.37. The van der Waals surface area contributed by atoms with Gasteiger partial charge in [0.2, 0.25) is 0 Å². The van der Waals surface area contributed by atoms with Crippen molar-refractivity contribution in [2.45, 2.75) is 20.3 Å². The van der Waals surface area contributed by atoms with E-state index >= 15 is 0 Å². The van der Waals surface area contributed by atoms with Gasteiger partial charge in [0, 0.05) is 12.1 Å². The highest BCUT2D eigenvalue weighted by molar-refractivity contribution is 9.12. The van der Waals surface area contributed by atoms with Crippen LogP contribution in [0.5, 0.6) is 0 Å². The molecule has 2 nitrogen and oxygen atoms in total. The summed E-state index contributed by atoms with van der Waals surface area (Å²) in [5.41, 5.74) is 0.776. The number of nitrogens with zero attached hydrogens (tertiary/aromatic N) is 1. The summed E-state index contributed by atoms with van der Waals surface area (Å²) in [5, 5.41) is 0. The molecule has 1 atom stereocenters. The maximum atomic E-state index is 12.1. The molecule has 0 spiro atoms. The van der Waals surface area contributed by atoms with Crippen LogP contribution in [0.2, 0.25) is 0 Å². The molecule has 0 N–H and O–H groups in total. The summed E-state index contributed by atoms with van der Waals surface area (Å²) in [4.78, 5) is 14.2. The predicted octanol–water partition coefficient (Wildman–Crippen LogP) is 4.43. The maximum absolute atomic E-state index is 12.1. The van der Waals surface area contributed by atoms with Gasteiger partial charge in [0.25, 0.3) is 0 Å². The Balaban J connectivity index is 2.57. The first kappa shape index (κ1) is 15.3. The van der Waals surface area contributed by atoms with E-state index in [1.165, 1.54) is 11.3 Å². The van der Waals surface area contributed by atoms with Crippen LogP contribution in [-0.4, -0.2) is 30.8 Å². The first-order valence-electron chi connectivity index (χ1n) is 5.60. The van der Waals surface area contributed by atoms with Crippen molar-refractivity contribution in [2.24, 2.45) is 5.92 Å². The van der Waals surface area contributed by atoms with Crippen molar-refractivity contribution in [3.05, 3.63) is 19.2 Å². The van der Waals surface area contributed by atoms with Crippen molar-refractivity contribution in [2.75, 3.05) is 20.1 Å². The molecule has 0 saturated heterocycles. The van der Waals surface area contributed by atoms with Gasteiger partial charge in [-0.25, -0.2) is 0 Å². The van der Waals surface area contributed by atoms with Crippen molar-refractivity contribution in [3.8, 4) is 0 Å². The van der Waals surface area contributed by atoms with Crippen LogP contribution in [0.4, 0.5) is 0 Å². The van der Waals surface area contributed by atoms with Crippen LogP contribution in [0.25, 0.3) is 0 Å². The number of likely N-dealkylation sites (N-methyl/N-ethyl adjacent to an activating group) is 1. The average Bonchev–Trinajstić information content (AvgIpc) is 2.57. The fraction of sp³-hybridized carbons (Fsp3) is 0.583. The number of hydrogen-bond acceptors (Lipinski definition) is 3. The monoisotopic (exact) mass is 381 g/mol. The van der Waals surface area contributed by atoms with Crippen molar-refractivity contribution in [1.29, 1.82) is 0 Å². The van der Waals surface area contributed by atoms with Gasteiger partial charge < -0.3 is 0 Å². The van der Waals surface area contributed by atoms with Gasteiger partial charge in [0.1, 0.15) is 0 Å². The van der Waals surface area contributed by atoms with E-state index in [9.17, 15) is 4.79 Å². The molecule has 0 aliphatic carbocycles. The highest BCUT2D eigenvalue weighted by atomic mass is 79.9. The van der Waals surface area contributed by atoms with Crippen LogP contribution in [0.1, 0.15) is 30.6 Å². The summed E-state index contributed by atoms with van der Waals surface area (Å²) in [5.74, 6) is 0.801. The van der Waals surface area contributed by atoms with E-state index in [0.29, 0.717) is 12.5 Å². The number of hydrogen-bond donors (Lipinski definition) is 0. The molecule has 0 saturated carbocycles. The molecule has 0 radical (unpaired) electrons. The number of rotatable bonds is 6. The third kappa shape index (κ3) is 4.81. The minimum absolute atomic E-state index is 0.171. The molecule has 5 heteroatoms. The zero-order valence-corrected chi connectivity index (χ0v) is 14.3. The Morgan fingerprint density at radius 1 is 1.53 bits per heavy atom. The van der Waals surface area contributed by atoms with E-state index in [0.717, 1.165) is 26.1 Å². The minimum atomic E-state index is 0.171. The van der Waals surface area contributed by atoms with Gasteiger partial charge in [-0.05, 0) is 50.9 Å². The van der Waals surface area contributed by atoms with Crippen LogP contribution in [-0.2, 0) is 0 Å². The lowest BCUT2D eigenvalue weighted by Crippen LogP contribution is -2.29. The quantitative estimate of drug-likeness (QED) is 0.678. The molecule has 1 unspecified atom stereocenters. The maximum Gasteiger partial charge on any atom is 0.178 e. The lowest BCUT2D eigenvalue weighted by molar-refractivity contribution is 0.0938. The van der Waals surface area contributed by atoms with Gasteiger partial charge in [0.05, 0.1) is 14.1 Å². The fourth-order valence-corrected chi connectivity index (χ4v) is 4.44. The molecule has 1 aromatic heterocycles. The predicted molar refractivity (Wildman–Crippen MR) is 81.0 cm³/mol. The Morgan fingerprint density at radius 3 is 2.65 bits per heavy atom. The second kappa shape index (κ2) is 7.02. The van der Waals surface area contributed by atoms with E-state index in [1.54, 1.807) is 0 Å². The number of thiophene rings is 1. The normalized spacial score (nSPS) is 13.1. The molecular formula is C12H17Br2NOS. The van der Waals surface area contributed by atoms with Gasteiger partial charge >= 0.3 is 0 Å². The summed E-state index contributed by atoms with van der Waals surface area (Å²) in [6.45, 7) is 5.82. The third-order valence-corrected chi connectivity index (χ3v) is 5.03. The zero-order chi connectivity index (χ0) is 13.0. The van der Waals surface area contributed by atoms with Gasteiger partial charge in [-0.2, -0.15) is 0 Å². The fourth-order valence-electron chi connectivity index (χ4n) is 1.59. The van der Waals surface area contributed by atoms with Gasteiger partial charge in [-0.1, -0.05) is 20.3 Å². The smallest absolute Gasteiger partial charge is 0.178 e. The summed E-state index contributed by atoms with van der Waals surface area (Å²) in [6.07, 6.45) is 1.15. The molecule has 0 aliphatic heterocycles. The highest BCUT2D eigenvalue weighted by Gasteiger charge is 2.16. The topological polar surface area (TPSA) is 20.3 Å². The van der Waals surface area contributed by atoms with Crippen molar-refractivity contribution in [3.63, 3.8) is 0 Å². The molecular weight excluding hydrogens is 366 g/mol. The highest BCUT2D eigenvalue weighted by Crippen LogP contribution is 2.32. The average molecular weight is 383 g/mol. The van der Waals surface area contributed by atoms with Gasteiger partial charge in [-0.15, -0.1) is 11.3 Å². The molecule has 0 aromatic carbocycles. The summed E-state index contributed by atoms with van der Waals surface area (Å²) >= 11 is 8.35. The van der Waals surface area contributed by atoms with Crippen molar-refractivity contribution >= 4 is 49.0 Å². The molecule has 1 rings (SSSR count). The van der Waals surface area contributed by atoms with Crippen LogP contribution in [0, 0.1) is 5.92 Å². The molecule has 0 bridgehead atoms. The standard InChI is InChI=1S/C12H17Br2NOS/c1-4-8(2)6-15(3)7-10(16)9-5-11(13)17-12(9)14/h5,8H,4,6-7H2,1-3H3. The summed E-state index contributed by atoms with van der Waals surface area (Å²) < 4.78 is 1.89. The Bertz CT molecular complexity index is 392. The summed E-state index contributed by atoms with van der Waals surface area (Å²) in [6, 6.07) is 1.88. The number of carbonyl (C=O) groups is 1. The molecule has 0 amide bonds. The lowest BCUT2D eigenvalue weighted by Gasteiger charge is -2.19. The molecule has 1 heterocycles. The largest absolute Gasteiger partial charge is 0.299 e. The number of halogens is 2. The van der Waals surface area contributed by atoms with Gasteiger partial charge in [0.15, 0.2) is 5.78 Å². The van der Waals surface area contributed by atoms with E-state index in [1.807, 2.05) is 13.1 Å². The Kier molecular flexibility index (Phi) is 6.34. The van der Waals surface area contributed by atoms with E-state index < -0.39 is 0 Å². The molecule has 96 valence electrons. The number of Topliss-reactive ketones (excluding diaryl/α,β-unsaturated/α-hetero) is 1. The molecule has 0 aliphatic rings. The van der Waals surface area contributed by atoms with E-state index in [4.69, 9.17) is 0 Å². The molecule has 0 fully saturated rings. The van der Waals surface area contributed by atoms with Crippen molar-refractivity contribution in [1.82, 2.24) is 4.90 Å². The zero-order valence-electron chi connectivity index (χ0n) is 10.3. The lowest BCUT2D eigenvalue weighted by atomic mass is 10.1. The van der Waals surface area contributed by atoms with E-state index in [-0.39, 0.29) is 5.78 Å². The Hall–Kier alpha value is 0.290. The number of carbonyl (C=O) groups excluding carboxylic acids is 1. The van der Waals surface area contributed by atoms with Gasteiger partial charge in [-0.3, -0.25) is 9.69 Å².